The maximum atomic E-state index is 13.2. The first-order valence-corrected chi connectivity index (χ1v) is 13.3. The Kier molecular flexibility index (Phi) is 8.52. The first-order valence-electron chi connectivity index (χ1n) is 11.8. The monoisotopic (exact) mass is 530 g/mol. The Balaban J connectivity index is 1.48. The van der Waals surface area contributed by atoms with Gasteiger partial charge in [-0.3, -0.25) is 9.59 Å². The number of anilines is 1. The van der Waals surface area contributed by atoms with Crippen molar-refractivity contribution >= 4 is 27.6 Å². The summed E-state index contributed by atoms with van der Waals surface area (Å²) in [6.07, 6.45) is 0.0123. The van der Waals surface area contributed by atoms with Crippen molar-refractivity contribution in [3.63, 3.8) is 0 Å². The number of phenolic OH excluding ortho intramolecular Hbond substituents is 1. The van der Waals surface area contributed by atoms with Gasteiger partial charge in [0.1, 0.15) is 18.4 Å². The summed E-state index contributed by atoms with van der Waals surface area (Å²) < 4.78 is 34.2. The van der Waals surface area contributed by atoms with Crippen LogP contribution in [0.5, 0.6) is 5.75 Å². The number of sulfonamides is 1. The Morgan fingerprint density at radius 1 is 0.763 bits per heavy atom. The molecule has 0 fully saturated rings. The van der Waals surface area contributed by atoms with Gasteiger partial charge in [-0.05, 0) is 66.1 Å². The highest BCUT2D eigenvalue weighted by molar-refractivity contribution is 7.89. The molecule has 0 radical (unpaired) electrons. The summed E-state index contributed by atoms with van der Waals surface area (Å²) in [4.78, 5) is 25.2. The minimum atomic E-state index is -4.13. The fourth-order valence-corrected chi connectivity index (χ4v) is 4.82. The second-order valence-corrected chi connectivity index (χ2v) is 10.2. The lowest BCUT2D eigenvalue weighted by Crippen LogP contribution is -2.43. The molecule has 38 heavy (non-hydrogen) atoms. The third kappa shape index (κ3) is 7.28. The van der Waals surface area contributed by atoms with Gasteiger partial charge in [0.2, 0.25) is 10.0 Å². The molecule has 9 heteroatoms. The van der Waals surface area contributed by atoms with Gasteiger partial charge < -0.3 is 15.2 Å². The van der Waals surface area contributed by atoms with E-state index in [2.05, 4.69) is 10.0 Å². The number of hydrogen-bond donors (Lipinski definition) is 3. The molecule has 8 nitrogen and oxygen atoms in total. The summed E-state index contributed by atoms with van der Waals surface area (Å²) in [6.45, 7) is -0.0106. The van der Waals surface area contributed by atoms with Crippen molar-refractivity contribution in [2.24, 2.45) is 0 Å². The van der Waals surface area contributed by atoms with E-state index in [1.54, 1.807) is 54.6 Å². The van der Waals surface area contributed by atoms with Crippen LogP contribution in [-0.2, 0) is 32.6 Å². The molecule has 0 spiro atoms. The number of benzene rings is 4. The van der Waals surface area contributed by atoms with E-state index in [1.807, 2.05) is 18.2 Å². The Morgan fingerprint density at radius 2 is 1.37 bits per heavy atom. The zero-order valence-electron chi connectivity index (χ0n) is 20.3. The van der Waals surface area contributed by atoms with Crippen LogP contribution in [0.25, 0.3) is 0 Å². The maximum Gasteiger partial charge on any atom is 0.324 e. The Hall–Kier alpha value is -4.47. The van der Waals surface area contributed by atoms with Crippen LogP contribution in [0, 0.1) is 0 Å². The smallest absolute Gasteiger partial charge is 0.324 e. The summed E-state index contributed by atoms with van der Waals surface area (Å²) in [5.74, 6) is -1.01. The molecule has 1 amide bonds. The Labute approximate surface area is 221 Å². The minimum Gasteiger partial charge on any atom is -0.508 e. The van der Waals surface area contributed by atoms with Gasteiger partial charge in [0.25, 0.3) is 5.91 Å². The van der Waals surface area contributed by atoms with E-state index in [1.165, 1.54) is 36.4 Å². The fourth-order valence-electron chi connectivity index (χ4n) is 3.64. The average molecular weight is 531 g/mol. The third-order valence-corrected chi connectivity index (χ3v) is 7.13. The number of ether oxygens (including phenoxy) is 1. The number of carbonyl (C=O) groups excluding carboxylic acids is 2. The predicted molar refractivity (Wildman–Crippen MR) is 143 cm³/mol. The molecule has 194 valence electrons. The van der Waals surface area contributed by atoms with E-state index in [0.29, 0.717) is 16.8 Å². The van der Waals surface area contributed by atoms with Gasteiger partial charge in [-0.1, -0.05) is 60.7 Å². The predicted octanol–water partition coefficient (Wildman–Crippen LogP) is 4.28. The van der Waals surface area contributed by atoms with Crippen LogP contribution in [0.3, 0.4) is 0 Å². The molecule has 4 rings (SSSR count). The van der Waals surface area contributed by atoms with Gasteiger partial charge in [0, 0.05) is 11.3 Å². The number of nitrogens with one attached hydrogen (secondary N) is 2. The topological polar surface area (TPSA) is 122 Å². The van der Waals surface area contributed by atoms with Crippen LogP contribution in [0.1, 0.15) is 21.5 Å². The number of amides is 1. The lowest BCUT2D eigenvalue weighted by Gasteiger charge is -2.18. The summed E-state index contributed by atoms with van der Waals surface area (Å²) in [6, 6.07) is 28.2. The molecule has 0 aliphatic carbocycles. The maximum absolute atomic E-state index is 13.2. The van der Waals surface area contributed by atoms with Crippen molar-refractivity contribution in [2.45, 2.75) is 24.0 Å². The highest BCUT2D eigenvalue weighted by Crippen LogP contribution is 2.18. The molecule has 0 unspecified atom stereocenters. The molecule has 0 saturated heterocycles. The molecule has 0 bridgehead atoms. The molecule has 4 aromatic carbocycles. The molecular weight excluding hydrogens is 504 g/mol. The average Bonchev–Trinajstić information content (AvgIpc) is 2.94. The van der Waals surface area contributed by atoms with Crippen LogP contribution in [0.2, 0.25) is 0 Å². The van der Waals surface area contributed by atoms with E-state index in [9.17, 15) is 23.1 Å². The largest absolute Gasteiger partial charge is 0.508 e. The number of carbonyl (C=O) groups is 2. The standard InChI is InChI=1S/C29H26N2O6S/c32-25-15-11-21(12-16-25)19-27(29(34)37-20-22-7-3-1-4-8-22)31-38(35,36)26-17-13-24(14-18-26)30-28(33)23-9-5-2-6-10-23/h1-18,27,31-32H,19-20H2,(H,30,33)/t27-/m0/s1. The van der Waals surface area contributed by atoms with Gasteiger partial charge in [0.15, 0.2) is 0 Å². The minimum absolute atomic E-state index is 0.0106. The third-order valence-electron chi connectivity index (χ3n) is 5.64. The van der Waals surface area contributed by atoms with Crippen molar-refractivity contribution in [3.8, 4) is 5.75 Å². The molecule has 0 saturated carbocycles. The second kappa shape index (κ2) is 12.2. The van der Waals surface area contributed by atoms with E-state index in [-0.39, 0.29) is 29.6 Å². The van der Waals surface area contributed by atoms with Gasteiger partial charge in [0.05, 0.1) is 4.90 Å². The first-order chi connectivity index (χ1) is 18.3. The van der Waals surface area contributed by atoms with Gasteiger partial charge in [-0.2, -0.15) is 4.72 Å². The van der Waals surface area contributed by atoms with Crippen molar-refractivity contribution in [3.05, 3.63) is 126 Å². The van der Waals surface area contributed by atoms with E-state index in [0.717, 1.165) is 5.56 Å². The molecule has 0 aliphatic heterocycles. The molecule has 0 aliphatic rings. The first kappa shape index (κ1) is 26.6. The highest BCUT2D eigenvalue weighted by Gasteiger charge is 2.27. The van der Waals surface area contributed by atoms with Crippen molar-refractivity contribution in [1.29, 1.82) is 0 Å². The van der Waals surface area contributed by atoms with Gasteiger partial charge in [-0.25, -0.2) is 8.42 Å². The normalized spacial score (nSPS) is 11.9. The number of phenols is 1. The lowest BCUT2D eigenvalue weighted by atomic mass is 10.1. The van der Waals surface area contributed by atoms with Crippen LogP contribution in [-0.4, -0.2) is 31.4 Å². The zero-order chi connectivity index (χ0) is 27.0. The molecule has 3 N–H and O–H groups in total. The van der Waals surface area contributed by atoms with E-state index >= 15 is 0 Å². The number of hydrogen-bond acceptors (Lipinski definition) is 6. The van der Waals surface area contributed by atoms with Crippen LogP contribution in [0.15, 0.2) is 114 Å². The van der Waals surface area contributed by atoms with Crippen molar-refractivity contribution in [2.75, 3.05) is 5.32 Å². The Morgan fingerprint density at radius 3 is 2.00 bits per heavy atom. The van der Waals surface area contributed by atoms with Gasteiger partial charge in [-0.15, -0.1) is 0 Å². The summed E-state index contributed by atoms with van der Waals surface area (Å²) in [5.41, 5.74) is 2.28. The van der Waals surface area contributed by atoms with E-state index < -0.39 is 22.0 Å². The van der Waals surface area contributed by atoms with Crippen LogP contribution >= 0.6 is 0 Å². The lowest BCUT2D eigenvalue weighted by molar-refractivity contribution is -0.147. The Bertz CT molecular complexity index is 1470. The van der Waals surface area contributed by atoms with Crippen LogP contribution in [0.4, 0.5) is 5.69 Å². The summed E-state index contributed by atoms with van der Waals surface area (Å²) >= 11 is 0. The molecule has 4 aromatic rings. The van der Waals surface area contributed by atoms with Gasteiger partial charge >= 0.3 is 5.97 Å². The van der Waals surface area contributed by atoms with Crippen molar-refractivity contribution in [1.82, 2.24) is 4.72 Å². The second-order valence-electron chi connectivity index (χ2n) is 8.48. The highest BCUT2D eigenvalue weighted by atomic mass is 32.2. The number of esters is 1. The number of aromatic hydroxyl groups is 1. The summed E-state index contributed by atoms with van der Waals surface area (Å²) in [5, 5.41) is 12.3. The molecular formula is C29H26N2O6S. The fraction of sp³-hybridized carbons (Fsp3) is 0.103. The molecule has 0 aromatic heterocycles. The van der Waals surface area contributed by atoms with Crippen molar-refractivity contribution < 1.29 is 27.9 Å². The molecule has 1 atom stereocenters. The van der Waals surface area contributed by atoms with Crippen LogP contribution < -0.4 is 10.0 Å². The quantitative estimate of drug-likeness (QED) is 0.263. The molecule has 0 heterocycles. The zero-order valence-corrected chi connectivity index (χ0v) is 21.1. The summed E-state index contributed by atoms with van der Waals surface area (Å²) in [7, 11) is -4.13. The van der Waals surface area contributed by atoms with E-state index in [4.69, 9.17) is 4.74 Å². The SMILES string of the molecule is O=C(Nc1ccc(S(=O)(=O)N[C@@H](Cc2ccc(O)cc2)C(=O)OCc2ccccc2)cc1)c1ccccc1. The number of rotatable bonds is 10.